The number of hydrogen-bond donors (Lipinski definition) is 0. The van der Waals surface area contributed by atoms with E-state index in [1.54, 1.807) is 0 Å². The van der Waals surface area contributed by atoms with Crippen molar-refractivity contribution in [3.8, 4) is 11.5 Å². The molecular weight excluding hydrogens is 529 g/mol. The SMILES string of the molecule is C1=CC(c2cccc(-n3ccc4ccc5c(c6ccccc6n5-c5ccccc5)c43)n2)=CC=I1. The summed E-state index contributed by atoms with van der Waals surface area (Å²) in [4.78, 5) is 5.07. The van der Waals surface area contributed by atoms with Gasteiger partial charge in [-0.1, -0.05) is 69.3 Å². The Labute approximate surface area is 207 Å². The summed E-state index contributed by atoms with van der Waals surface area (Å²) in [6.07, 6.45) is 6.56. The summed E-state index contributed by atoms with van der Waals surface area (Å²) in [5.41, 5.74) is 6.96. The maximum Gasteiger partial charge on any atom is 0.137 e. The van der Waals surface area contributed by atoms with E-state index in [0.29, 0.717) is 0 Å². The molecular formula is C30H20IN3. The van der Waals surface area contributed by atoms with Crippen molar-refractivity contribution in [2.45, 2.75) is 0 Å². The van der Waals surface area contributed by atoms with Gasteiger partial charge in [-0.3, -0.25) is 0 Å². The lowest BCUT2D eigenvalue weighted by Crippen LogP contribution is -1.99. The Balaban J connectivity index is 1.55. The summed E-state index contributed by atoms with van der Waals surface area (Å²) in [5.74, 6) is 0.936. The van der Waals surface area contributed by atoms with Gasteiger partial charge in [0.05, 0.1) is 22.2 Å². The highest BCUT2D eigenvalue weighted by molar-refractivity contribution is 14.2. The molecule has 0 saturated heterocycles. The van der Waals surface area contributed by atoms with Crippen LogP contribution >= 0.6 is 20.7 Å². The lowest BCUT2D eigenvalue weighted by Gasteiger charge is -2.10. The van der Waals surface area contributed by atoms with E-state index < -0.39 is 0 Å². The van der Waals surface area contributed by atoms with E-state index in [9.17, 15) is 0 Å². The van der Waals surface area contributed by atoms with Gasteiger partial charge in [0.1, 0.15) is 5.82 Å². The summed E-state index contributed by atoms with van der Waals surface area (Å²) < 4.78 is 9.18. The predicted molar refractivity (Wildman–Crippen MR) is 153 cm³/mol. The standard InChI is InChI=1S/C30H20IN3/c1-2-7-23(8-3-1)34-26-11-5-4-9-24(26)29-27(34)14-13-22-17-20-33(30(22)29)28-12-6-10-25(32-28)21-15-18-31-19-16-21/h1-20H. The zero-order valence-electron chi connectivity index (χ0n) is 18.3. The van der Waals surface area contributed by atoms with Crippen molar-refractivity contribution in [2.24, 2.45) is 0 Å². The first-order valence-corrected chi connectivity index (χ1v) is 13.8. The second-order valence-electron chi connectivity index (χ2n) is 8.32. The molecule has 0 atom stereocenters. The van der Waals surface area contributed by atoms with Crippen molar-refractivity contribution >= 4 is 63.0 Å². The Hall–Kier alpha value is -3.77. The van der Waals surface area contributed by atoms with Crippen LogP contribution in [0.1, 0.15) is 5.69 Å². The highest BCUT2D eigenvalue weighted by atomic mass is 127. The number of fused-ring (bicyclic) bond motifs is 5. The zero-order valence-corrected chi connectivity index (χ0v) is 20.4. The first-order valence-electron chi connectivity index (χ1n) is 11.3. The van der Waals surface area contributed by atoms with Gasteiger partial charge in [-0.25, -0.2) is 4.98 Å². The Morgan fingerprint density at radius 1 is 0.735 bits per heavy atom. The van der Waals surface area contributed by atoms with Crippen LogP contribution in [0.5, 0.6) is 0 Å². The molecule has 3 aromatic carbocycles. The number of hydrogen-bond acceptors (Lipinski definition) is 1. The number of nitrogens with zero attached hydrogens (tertiary/aromatic N) is 3. The lowest BCUT2D eigenvalue weighted by molar-refractivity contribution is 1.04. The molecule has 0 fully saturated rings. The molecule has 0 radical (unpaired) electrons. The van der Waals surface area contributed by atoms with Crippen molar-refractivity contribution in [1.82, 2.24) is 14.1 Å². The molecule has 0 amide bonds. The third-order valence-electron chi connectivity index (χ3n) is 6.41. The van der Waals surface area contributed by atoms with Gasteiger partial charge in [0.2, 0.25) is 0 Å². The van der Waals surface area contributed by atoms with Gasteiger partial charge >= 0.3 is 0 Å². The van der Waals surface area contributed by atoms with Crippen LogP contribution in [0.4, 0.5) is 0 Å². The second kappa shape index (κ2) is 7.92. The smallest absolute Gasteiger partial charge is 0.137 e. The molecule has 34 heavy (non-hydrogen) atoms. The molecule has 7 rings (SSSR count). The summed E-state index contributed by atoms with van der Waals surface area (Å²) in [7, 11) is 0. The minimum absolute atomic E-state index is 0.0546. The average molecular weight is 549 g/mol. The second-order valence-corrected chi connectivity index (χ2v) is 10.5. The van der Waals surface area contributed by atoms with Crippen LogP contribution in [-0.4, -0.2) is 18.1 Å². The van der Waals surface area contributed by atoms with Gasteiger partial charge in [-0.2, -0.15) is 0 Å². The fourth-order valence-corrected chi connectivity index (χ4v) is 6.35. The number of rotatable bonds is 3. The molecule has 6 aromatic rings. The third kappa shape index (κ3) is 3.02. The lowest BCUT2D eigenvalue weighted by atomic mass is 10.1. The van der Waals surface area contributed by atoms with E-state index in [1.165, 1.54) is 44.0 Å². The number of para-hydroxylation sites is 2. The Kier molecular flexibility index (Phi) is 4.58. The third-order valence-corrected chi connectivity index (χ3v) is 7.96. The van der Waals surface area contributed by atoms with Crippen molar-refractivity contribution < 1.29 is 0 Å². The molecule has 3 aromatic heterocycles. The van der Waals surface area contributed by atoms with E-state index in [1.807, 2.05) is 0 Å². The topological polar surface area (TPSA) is 22.8 Å². The molecule has 4 heteroatoms. The maximum atomic E-state index is 5.07. The zero-order chi connectivity index (χ0) is 22.5. The van der Waals surface area contributed by atoms with Crippen LogP contribution in [0.2, 0.25) is 0 Å². The molecule has 162 valence electrons. The van der Waals surface area contributed by atoms with Crippen LogP contribution in [-0.2, 0) is 0 Å². The van der Waals surface area contributed by atoms with E-state index >= 15 is 0 Å². The highest BCUT2D eigenvalue weighted by Gasteiger charge is 2.17. The maximum absolute atomic E-state index is 5.07. The first kappa shape index (κ1) is 19.7. The van der Waals surface area contributed by atoms with Crippen molar-refractivity contribution in [3.63, 3.8) is 0 Å². The Bertz CT molecular complexity index is 1800. The molecule has 0 spiro atoms. The van der Waals surface area contributed by atoms with Crippen molar-refractivity contribution in [1.29, 1.82) is 0 Å². The predicted octanol–water partition coefficient (Wildman–Crippen LogP) is 7.81. The number of benzene rings is 3. The van der Waals surface area contributed by atoms with Crippen LogP contribution in [0.15, 0.2) is 113 Å². The van der Waals surface area contributed by atoms with Crippen molar-refractivity contribution in [3.05, 3.63) is 119 Å². The summed E-state index contributed by atoms with van der Waals surface area (Å²) >= 11 is 0.0546. The number of pyridine rings is 1. The average Bonchev–Trinajstić information content (AvgIpc) is 3.49. The van der Waals surface area contributed by atoms with Gasteiger partial charge in [-0.05, 0) is 62.7 Å². The number of allylic oxidation sites excluding steroid dienone is 3. The quantitative estimate of drug-likeness (QED) is 0.207. The Morgan fingerprint density at radius 2 is 1.62 bits per heavy atom. The molecule has 0 N–H and O–H groups in total. The van der Waals surface area contributed by atoms with Crippen LogP contribution in [0, 0.1) is 0 Å². The number of halogens is 1. The van der Waals surface area contributed by atoms with Crippen LogP contribution in [0.25, 0.3) is 49.8 Å². The van der Waals surface area contributed by atoms with Gasteiger partial charge in [0.25, 0.3) is 0 Å². The van der Waals surface area contributed by atoms with Crippen LogP contribution < -0.4 is 0 Å². The van der Waals surface area contributed by atoms with E-state index in [4.69, 9.17) is 4.98 Å². The normalized spacial score (nSPS) is 13.5. The largest absolute Gasteiger partial charge is 0.309 e. The number of aromatic nitrogens is 3. The first-order chi connectivity index (χ1) is 16.9. The minimum Gasteiger partial charge on any atom is -0.309 e. The molecule has 4 heterocycles. The highest BCUT2D eigenvalue weighted by Crippen LogP contribution is 2.38. The fraction of sp³-hybridized carbons (Fsp3) is 0. The molecule has 3 nitrogen and oxygen atoms in total. The molecule has 0 bridgehead atoms. The van der Waals surface area contributed by atoms with E-state index in [0.717, 1.165) is 11.5 Å². The van der Waals surface area contributed by atoms with Gasteiger partial charge < -0.3 is 9.13 Å². The van der Waals surface area contributed by atoms with Crippen molar-refractivity contribution in [2.75, 3.05) is 0 Å². The summed E-state index contributed by atoms with van der Waals surface area (Å²) in [5, 5.41) is 3.72. The summed E-state index contributed by atoms with van der Waals surface area (Å²) in [6.45, 7) is 0. The summed E-state index contributed by atoms with van der Waals surface area (Å²) in [6, 6.07) is 32.3. The fourth-order valence-electron chi connectivity index (χ4n) is 4.92. The molecule has 1 aliphatic rings. The molecule has 1 aliphatic heterocycles. The monoisotopic (exact) mass is 549 g/mol. The van der Waals surface area contributed by atoms with E-state index in [2.05, 4.69) is 127 Å². The Morgan fingerprint density at radius 3 is 2.50 bits per heavy atom. The van der Waals surface area contributed by atoms with Gasteiger partial charge in [-0.15, -0.1) is 0 Å². The minimum atomic E-state index is 0.0546. The van der Waals surface area contributed by atoms with Gasteiger partial charge in [0, 0.05) is 33.6 Å². The molecule has 0 aliphatic carbocycles. The molecule has 0 saturated carbocycles. The van der Waals surface area contributed by atoms with Gasteiger partial charge in [0.15, 0.2) is 0 Å². The van der Waals surface area contributed by atoms with Crippen LogP contribution in [0.3, 0.4) is 0 Å². The molecule has 0 unspecified atom stereocenters. The van der Waals surface area contributed by atoms with E-state index in [-0.39, 0.29) is 20.7 Å².